The number of nitrogens with one attached hydrogen (secondary N) is 1. The number of aryl methyl sites for hydroxylation is 1. The highest BCUT2D eigenvalue weighted by molar-refractivity contribution is 7.99. The maximum Gasteiger partial charge on any atom is 0.231 e. The van der Waals surface area contributed by atoms with Crippen molar-refractivity contribution in [3.63, 3.8) is 0 Å². The highest BCUT2D eigenvalue weighted by atomic mass is 32.2. The lowest BCUT2D eigenvalue weighted by Crippen LogP contribution is -2.47. The standard InChI is InChI=1S/C23H23N5OS/c1-16-7-6-10-19(13-16)28-21(17-8-4-3-5-9-17)26-27-22(28)30-14-20(29)25-23(2,15-24)18-11-12-18/h3-10,13,18H,11-12,14H2,1-2H3,(H,25,29). The minimum absolute atomic E-state index is 0.169. The van der Waals surface area contributed by atoms with Gasteiger partial charge in [0, 0.05) is 11.3 Å². The third-order valence-corrected chi connectivity index (χ3v) is 6.21. The Morgan fingerprint density at radius 1 is 1.23 bits per heavy atom. The van der Waals surface area contributed by atoms with E-state index in [-0.39, 0.29) is 17.6 Å². The van der Waals surface area contributed by atoms with Crippen molar-refractivity contribution in [2.45, 2.75) is 37.4 Å². The smallest absolute Gasteiger partial charge is 0.231 e. The lowest BCUT2D eigenvalue weighted by Gasteiger charge is -2.22. The molecule has 4 rings (SSSR count). The molecule has 1 fully saturated rings. The Balaban J connectivity index is 1.60. The van der Waals surface area contributed by atoms with Crippen LogP contribution in [0.4, 0.5) is 0 Å². The van der Waals surface area contributed by atoms with Crippen LogP contribution in [-0.4, -0.2) is 32.0 Å². The quantitative estimate of drug-likeness (QED) is 0.584. The lowest BCUT2D eigenvalue weighted by atomic mass is 9.98. The molecule has 0 aliphatic heterocycles. The molecule has 2 aromatic carbocycles. The normalized spacial score (nSPS) is 15.2. The van der Waals surface area contributed by atoms with Gasteiger partial charge in [-0.05, 0) is 50.3 Å². The van der Waals surface area contributed by atoms with Crippen LogP contribution in [0.5, 0.6) is 0 Å². The van der Waals surface area contributed by atoms with E-state index in [0.29, 0.717) is 5.16 Å². The number of benzene rings is 2. The molecule has 1 saturated carbocycles. The van der Waals surface area contributed by atoms with Crippen molar-refractivity contribution in [3.8, 4) is 23.1 Å². The topological polar surface area (TPSA) is 83.6 Å². The lowest BCUT2D eigenvalue weighted by molar-refractivity contribution is -0.119. The first kappa shape index (κ1) is 20.2. The van der Waals surface area contributed by atoms with Gasteiger partial charge < -0.3 is 5.32 Å². The molecule has 0 radical (unpaired) electrons. The molecule has 1 heterocycles. The van der Waals surface area contributed by atoms with E-state index in [1.807, 2.05) is 60.0 Å². The van der Waals surface area contributed by atoms with E-state index in [1.165, 1.54) is 11.8 Å². The molecule has 1 aliphatic carbocycles. The van der Waals surface area contributed by atoms with Crippen LogP contribution in [-0.2, 0) is 4.79 Å². The molecule has 1 unspecified atom stereocenters. The maximum atomic E-state index is 12.6. The number of rotatable bonds is 7. The van der Waals surface area contributed by atoms with Gasteiger partial charge in [0.2, 0.25) is 5.91 Å². The highest BCUT2D eigenvalue weighted by Crippen LogP contribution is 2.39. The van der Waals surface area contributed by atoms with Gasteiger partial charge in [-0.15, -0.1) is 10.2 Å². The molecule has 152 valence electrons. The third kappa shape index (κ3) is 4.24. The van der Waals surface area contributed by atoms with Crippen LogP contribution in [0, 0.1) is 24.2 Å². The van der Waals surface area contributed by atoms with E-state index in [4.69, 9.17) is 0 Å². The maximum absolute atomic E-state index is 12.6. The van der Waals surface area contributed by atoms with Crippen molar-refractivity contribution in [3.05, 3.63) is 60.2 Å². The number of aromatic nitrogens is 3. The van der Waals surface area contributed by atoms with Gasteiger partial charge in [0.15, 0.2) is 11.0 Å². The Labute approximate surface area is 180 Å². The van der Waals surface area contributed by atoms with Gasteiger partial charge in [0.1, 0.15) is 5.54 Å². The molecule has 6 nitrogen and oxygen atoms in total. The second-order valence-corrected chi connectivity index (χ2v) is 8.71. The first-order valence-electron chi connectivity index (χ1n) is 9.93. The number of thioether (sulfide) groups is 1. The van der Waals surface area contributed by atoms with Gasteiger partial charge in [0.05, 0.1) is 11.8 Å². The number of amides is 1. The van der Waals surface area contributed by atoms with E-state index in [2.05, 4.69) is 27.6 Å². The third-order valence-electron chi connectivity index (χ3n) is 5.28. The van der Waals surface area contributed by atoms with Crippen molar-refractivity contribution in [1.82, 2.24) is 20.1 Å². The fourth-order valence-electron chi connectivity index (χ4n) is 3.48. The Hall–Kier alpha value is -3.11. The molecule has 0 saturated heterocycles. The van der Waals surface area contributed by atoms with Crippen molar-refractivity contribution < 1.29 is 4.79 Å². The van der Waals surface area contributed by atoms with Crippen LogP contribution in [0.3, 0.4) is 0 Å². The van der Waals surface area contributed by atoms with Crippen LogP contribution < -0.4 is 5.32 Å². The number of carbonyl (C=O) groups excluding carboxylic acids is 1. The summed E-state index contributed by atoms with van der Waals surface area (Å²) in [6, 6.07) is 20.2. The van der Waals surface area contributed by atoms with Crippen molar-refractivity contribution in [2.24, 2.45) is 5.92 Å². The van der Waals surface area contributed by atoms with Gasteiger partial charge >= 0.3 is 0 Å². The largest absolute Gasteiger partial charge is 0.337 e. The average molecular weight is 418 g/mol. The summed E-state index contributed by atoms with van der Waals surface area (Å²) >= 11 is 1.32. The predicted octanol–water partition coefficient (Wildman–Crippen LogP) is 4.14. The van der Waals surface area contributed by atoms with Gasteiger partial charge in [-0.1, -0.05) is 54.2 Å². The molecule has 1 aliphatic rings. The van der Waals surface area contributed by atoms with Gasteiger partial charge in [-0.2, -0.15) is 5.26 Å². The van der Waals surface area contributed by atoms with Crippen LogP contribution in [0.1, 0.15) is 25.3 Å². The fraction of sp³-hybridized carbons (Fsp3) is 0.304. The molecular formula is C23H23N5OS. The molecular weight excluding hydrogens is 394 g/mol. The number of nitrogens with zero attached hydrogens (tertiary/aromatic N) is 4. The van der Waals surface area contributed by atoms with Gasteiger partial charge in [0.25, 0.3) is 0 Å². The Bertz CT molecular complexity index is 1100. The number of hydrogen-bond donors (Lipinski definition) is 1. The zero-order chi connectivity index (χ0) is 21.1. The average Bonchev–Trinajstić information content (AvgIpc) is 3.53. The minimum Gasteiger partial charge on any atom is -0.337 e. The summed E-state index contributed by atoms with van der Waals surface area (Å²) in [6.45, 7) is 3.84. The van der Waals surface area contributed by atoms with E-state index in [0.717, 1.165) is 35.5 Å². The van der Waals surface area contributed by atoms with E-state index in [1.54, 1.807) is 6.92 Å². The monoisotopic (exact) mass is 417 g/mol. The Morgan fingerprint density at radius 2 is 2.00 bits per heavy atom. The Morgan fingerprint density at radius 3 is 2.67 bits per heavy atom. The second kappa shape index (κ2) is 8.33. The summed E-state index contributed by atoms with van der Waals surface area (Å²) in [7, 11) is 0. The number of nitriles is 1. The van der Waals surface area contributed by atoms with Crippen LogP contribution in [0.15, 0.2) is 59.8 Å². The number of hydrogen-bond acceptors (Lipinski definition) is 5. The van der Waals surface area contributed by atoms with Crippen LogP contribution in [0.25, 0.3) is 17.1 Å². The van der Waals surface area contributed by atoms with Crippen molar-refractivity contribution in [1.29, 1.82) is 5.26 Å². The molecule has 1 aromatic heterocycles. The minimum atomic E-state index is -0.795. The molecule has 0 bridgehead atoms. The summed E-state index contributed by atoms with van der Waals surface area (Å²) in [5.74, 6) is 0.972. The molecule has 0 spiro atoms. The van der Waals surface area contributed by atoms with Crippen molar-refractivity contribution in [2.75, 3.05) is 5.75 Å². The first-order chi connectivity index (χ1) is 14.5. The molecule has 3 aromatic rings. The summed E-state index contributed by atoms with van der Waals surface area (Å²) in [4.78, 5) is 12.6. The predicted molar refractivity (Wildman–Crippen MR) is 117 cm³/mol. The van der Waals surface area contributed by atoms with Crippen molar-refractivity contribution >= 4 is 17.7 Å². The zero-order valence-electron chi connectivity index (χ0n) is 17.0. The fourth-order valence-corrected chi connectivity index (χ4v) is 4.23. The van der Waals surface area contributed by atoms with Crippen LogP contribution in [0.2, 0.25) is 0 Å². The summed E-state index contributed by atoms with van der Waals surface area (Å²) in [5, 5.41) is 21.8. The summed E-state index contributed by atoms with van der Waals surface area (Å²) < 4.78 is 1.98. The zero-order valence-corrected chi connectivity index (χ0v) is 17.8. The molecule has 30 heavy (non-hydrogen) atoms. The molecule has 1 N–H and O–H groups in total. The summed E-state index contributed by atoms with van der Waals surface area (Å²) in [5.41, 5.74) is 2.23. The Kier molecular flexibility index (Phi) is 5.60. The molecule has 7 heteroatoms. The van der Waals surface area contributed by atoms with E-state index >= 15 is 0 Å². The van der Waals surface area contributed by atoms with Gasteiger partial charge in [-0.3, -0.25) is 9.36 Å². The highest BCUT2D eigenvalue weighted by Gasteiger charge is 2.43. The second-order valence-electron chi connectivity index (χ2n) is 7.77. The van der Waals surface area contributed by atoms with Gasteiger partial charge in [-0.25, -0.2) is 0 Å². The van der Waals surface area contributed by atoms with E-state index < -0.39 is 5.54 Å². The van der Waals surface area contributed by atoms with Crippen LogP contribution >= 0.6 is 11.8 Å². The number of carbonyl (C=O) groups is 1. The van der Waals surface area contributed by atoms with E-state index in [9.17, 15) is 10.1 Å². The SMILES string of the molecule is Cc1cccc(-n2c(SCC(=O)NC(C)(C#N)C3CC3)nnc2-c2ccccc2)c1. The summed E-state index contributed by atoms with van der Waals surface area (Å²) in [6.07, 6.45) is 1.97. The first-order valence-corrected chi connectivity index (χ1v) is 10.9. The molecule has 1 atom stereocenters. The molecule has 1 amide bonds.